The van der Waals surface area contributed by atoms with Crippen LogP contribution in [0.15, 0.2) is 18.2 Å². The average Bonchev–Trinajstić information content (AvgIpc) is 2.32. The van der Waals surface area contributed by atoms with E-state index < -0.39 is 11.6 Å². The molecule has 1 aliphatic heterocycles. The highest BCUT2D eigenvalue weighted by Gasteiger charge is 2.14. The molecule has 0 spiro atoms. The lowest BCUT2D eigenvalue weighted by Crippen LogP contribution is -2.22. The van der Waals surface area contributed by atoms with Gasteiger partial charge in [0.1, 0.15) is 11.6 Å². The summed E-state index contributed by atoms with van der Waals surface area (Å²) < 4.78 is 31.4. The van der Waals surface area contributed by atoms with Crippen molar-refractivity contribution < 1.29 is 13.5 Å². The monoisotopic (exact) mass is 227 g/mol. The highest BCUT2D eigenvalue weighted by Crippen LogP contribution is 2.19. The molecule has 0 bridgehead atoms. The van der Waals surface area contributed by atoms with Gasteiger partial charge in [0.15, 0.2) is 0 Å². The Balaban J connectivity index is 1.90. The molecule has 0 saturated carbocycles. The van der Waals surface area contributed by atoms with Gasteiger partial charge in [-0.3, -0.25) is 0 Å². The zero-order chi connectivity index (χ0) is 11.4. The molecule has 4 heteroatoms. The quantitative estimate of drug-likeness (QED) is 0.857. The van der Waals surface area contributed by atoms with E-state index in [1.165, 1.54) is 6.07 Å². The summed E-state index contributed by atoms with van der Waals surface area (Å²) in [5.74, 6) is -0.347. The van der Waals surface area contributed by atoms with E-state index in [-0.39, 0.29) is 5.69 Å². The van der Waals surface area contributed by atoms with Crippen molar-refractivity contribution >= 4 is 5.69 Å². The zero-order valence-corrected chi connectivity index (χ0v) is 9.01. The lowest BCUT2D eigenvalue weighted by atomic mass is 10.0. The Kier molecular flexibility index (Phi) is 3.72. The summed E-state index contributed by atoms with van der Waals surface area (Å²) in [5.41, 5.74) is 0.242. The second-order valence-electron chi connectivity index (χ2n) is 4.06. The van der Waals surface area contributed by atoms with Gasteiger partial charge in [-0.25, -0.2) is 8.78 Å². The molecule has 0 unspecified atom stereocenters. The summed E-state index contributed by atoms with van der Waals surface area (Å²) >= 11 is 0. The van der Waals surface area contributed by atoms with Gasteiger partial charge in [0, 0.05) is 19.8 Å². The van der Waals surface area contributed by atoms with Gasteiger partial charge < -0.3 is 10.1 Å². The van der Waals surface area contributed by atoms with Gasteiger partial charge in [-0.15, -0.1) is 0 Å². The van der Waals surface area contributed by atoms with E-state index in [4.69, 9.17) is 4.74 Å². The minimum Gasteiger partial charge on any atom is -0.382 e. The molecular formula is C12H15F2NO. The zero-order valence-electron chi connectivity index (χ0n) is 9.01. The number of hydrogen-bond acceptors (Lipinski definition) is 2. The second-order valence-corrected chi connectivity index (χ2v) is 4.06. The van der Waals surface area contributed by atoms with Gasteiger partial charge >= 0.3 is 0 Å². The lowest BCUT2D eigenvalue weighted by molar-refractivity contribution is 0.0699. The first-order chi connectivity index (χ1) is 7.75. The molecule has 0 atom stereocenters. The maximum absolute atomic E-state index is 13.3. The highest BCUT2D eigenvalue weighted by molar-refractivity contribution is 5.44. The fourth-order valence-corrected chi connectivity index (χ4v) is 1.84. The Bertz CT molecular complexity index is 351. The summed E-state index contributed by atoms with van der Waals surface area (Å²) in [6, 6.07) is 3.45. The van der Waals surface area contributed by atoms with Gasteiger partial charge in [-0.05, 0) is 37.0 Å². The maximum Gasteiger partial charge on any atom is 0.146 e. The van der Waals surface area contributed by atoms with Crippen LogP contribution in [0.3, 0.4) is 0 Å². The van der Waals surface area contributed by atoms with Gasteiger partial charge in [-0.1, -0.05) is 0 Å². The van der Waals surface area contributed by atoms with Crippen LogP contribution < -0.4 is 5.32 Å². The highest BCUT2D eigenvalue weighted by atomic mass is 19.1. The molecule has 0 aliphatic carbocycles. The summed E-state index contributed by atoms with van der Waals surface area (Å²) in [6.45, 7) is 2.19. The standard InChI is InChI=1S/C12H15F2NO/c13-10-1-2-11(14)12(7-10)15-8-9-3-5-16-6-4-9/h1-2,7,9,15H,3-6,8H2. The van der Waals surface area contributed by atoms with Gasteiger partial charge in [0.05, 0.1) is 5.69 Å². The van der Waals surface area contributed by atoms with E-state index in [1.54, 1.807) is 0 Å². The lowest BCUT2D eigenvalue weighted by Gasteiger charge is -2.22. The number of halogens is 2. The number of rotatable bonds is 3. The molecule has 2 rings (SSSR count). The summed E-state index contributed by atoms with van der Waals surface area (Å²) in [4.78, 5) is 0. The largest absolute Gasteiger partial charge is 0.382 e. The van der Waals surface area contributed by atoms with Crippen molar-refractivity contribution in [3.63, 3.8) is 0 Å². The van der Waals surface area contributed by atoms with E-state index in [2.05, 4.69) is 5.32 Å². The molecule has 0 radical (unpaired) electrons. The summed E-state index contributed by atoms with van der Waals surface area (Å²) in [6.07, 6.45) is 1.95. The van der Waals surface area contributed by atoms with Gasteiger partial charge in [0.2, 0.25) is 0 Å². The van der Waals surface area contributed by atoms with Crippen LogP contribution in [0.25, 0.3) is 0 Å². The van der Waals surface area contributed by atoms with Crippen molar-refractivity contribution in [3.8, 4) is 0 Å². The predicted molar refractivity (Wildman–Crippen MR) is 58.4 cm³/mol. The Morgan fingerprint density at radius 3 is 2.75 bits per heavy atom. The molecule has 1 aromatic carbocycles. The van der Waals surface area contributed by atoms with Crippen molar-refractivity contribution in [1.29, 1.82) is 0 Å². The van der Waals surface area contributed by atoms with E-state index in [9.17, 15) is 8.78 Å². The van der Waals surface area contributed by atoms with E-state index >= 15 is 0 Å². The minimum atomic E-state index is -0.420. The fraction of sp³-hybridized carbons (Fsp3) is 0.500. The molecule has 0 aromatic heterocycles. The topological polar surface area (TPSA) is 21.3 Å². The SMILES string of the molecule is Fc1ccc(F)c(NCC2CCOCC2)c1. The molecule has 1 saturated heterocycles. The fourth-order valence-electron chi connectivity index (χ4n) is 1.84. The minimum absolute atomic E-state index is 0.242. The van der Waals surface area contributed by atoms with Gasteiger partial charge in [-0.2, -0.15) is 0 Å². The molecule has 2 nitrogen and oxygen atoms in total. The van der Waals surface area contributed by atoms with Crippen molar-refractivity contribution in [3.05, 3.63) is 29.8 Å². The van der Waals surface area contributed by atoms with E-state index in [0.29, 0.717) is 12.5 Å². The third-order valence-electron chi connectivity index (χ3n) is 2.85. The Morgan fingerprint density at radius 1 is 1.25 bits per heavy atom. The average molecular weight is 227 g/mol. The number of benzene rings is 1. The first-order valence-corrected chi connectivity index (χ1v) is 5.52. The van der Waals surface area contributed by atoms with Crippen LogP contribution in [-0.4, -0.2) is 19.8 Å². The molecule has 1 aromatic rings. The maximum atomic E-state index is 13.3. The normalized spacial score (nSPS) is 17.4. The number of hydrogen-bond donors (Lipinski definition) is 1. The molecule has 1 aliphatic rings. The Labute approximate surface area is 93.6 Å². The van der Waals surface area contributed by atoms with Gasteiger partial charge in [0.25, 0.3) is 0 Å². The molecule has 16 heavy (non-hydrogen) atoms. The molecule has 88 valence electrons. The summed E-state index contributed by atoms with van der Waals surface area (Å²) in [7, 11) is 0. The Hall–Kier alpha value is -1.16. The third kappa shape index (κ3) is 2.92. The molecule has 0 amide bonds. The Morgan fingerprint density at radius 2 is 2.00 bits per heavy atom. The number of ether oxygens (including phenoxy) is 1. The second kappa shape index (κ2) is 5.25. The first-order valence-electron chi connectivity index (χ1n) is 5.52. The molecular weight excluding hydrogens is 212 g/mol. The van der Waals surface area contributed by atoms with Crippen molar-refractivity contribution in [2.75, 3.05) is 25.1 Å². The van der Waals surface area contributed by atoms with Crippen LogP contribution >= 0.6 is 0 Å². The van der Waals surface area contributed by atoms with Crippen LogP contribution in [0.4, 0.5) is 14.5 Å². The molecule has 1 N–H and O–H groups in total. The predicted octanol–water partition coefficient (Wildman–Crippen LogP) is 2.80. The van der Waals surface area contributed by atoms with E-state index in [1.807, 2.05) is 0 Å². The van der Waals surface area contributed by atoms with E-state index in [0.717, 1.165) is 38.2 Å². The smallest absolute Gasteiger partial charge is 0.146 e. The van der Waals surface area contributed by atoms with Crippen molar-refractivity contribution in [2.45, 2.75) is 12.8 Å². The van der Waals surface area contributed by atoms with Crippen LogP contribution in [0.5, 0.6) is 0 Å². The molecule has 1 heterocycles. The van der Waals surface area contributed by atoms with Crippen molar-refractivity contribution in [2.24, 2.45) is 5.92 Å². The van der Waals surface area contributed by atoms with Crippen LogP contribution in [-0.2, 0) is 4.74 Å². The van der Waals surface area contributed by atoms with Crippen LogP contribution in [0.2, 0.25) is 0 Å². The van der Waals surface area contributed by atoms with Crippen LogP contribution in [0, 0.1) is 17.6 Å². The number of nitrogens with one attached hydrogen (secondary N) is 1. The first kappa shape index (κ1) is 11.3. The summed E-state index contributed by atoms with van der Waals surface area (Å²) in [5, 5.41) is 2.95. The van der Waals surface area contributed by atoms with Crippen LogP contribution in [0.1, 0.15) is 12.8 Å². The molecule has 1 fully saturated rings. The number of anilines is 1. The third-order valence-corrected chi connectivity index (χ3v) is 2.85. The van der Waals surface area contributed by atoms with Crippen molar-refractivity contribution in [1.82, 2.24) is 0 Å².